The quantitative estimate of drug-likeness (QED) is 0.262. The average Bonchev–Trinajstić information content (AvgIpc) is 2.86. The van der Waals surface area contributed by atoms with Crippen molar-refractivity contribution in [2.24, 2.45) is 5.92 Å². The first-order valence-corrected chi connectivity index (χ1v) is 13.2. The molecule has 0 amide bonds. The highest BCUT2D eigenvalue weighted by Crippen LogP contribution is 2.31. The predicted molar refractivity (Wildman–Crippen MR) is 141 cm³/mol. The normalized spacial score (nSPS) is 12.8. The maximum absolute atomic E-state index is 12.1. The number of aliphatic carboxylic acids is 1. The molecule has 1 heterocycles. The molecule has 0 spiro atoms. The maximum atomic E-state index is 12.1. The number of benzene rings is 3. The van der Waals surface area contributed by atoms with E-state index in [-0.39, 0.29) is 16.4 Å². The molecule has 0 saturated heterocycles. The molecular weight excluding hydrogens is 472 g/mol. The van der Waals surface area contributed by atoms with Gasteiger partial charge in [0.05, 0.1) is 22.1 Å². The zero-order valence-electron chi connectivity index (χ0n) is 19.8. The Kier molecular flexibility index (Phi) is 7.00. The molecule has 0 aliphatic carbocycles. The van der Waals surface area contributed by atoms with Crippen molar-refractivity contribution in [2.75, 3.05) is 6.26 Å². The third-order valence-electron chi connectivity index (χ3n) is 5.86. The Morgan fingerprint density at radius 3 is 2.50 bits per heavy atom. The molecule has 4 rings (SSSR count). The van der Waals surface area contributed by atoms with Crippen LogP contribution in [0.3, 0.4) is 0 Å². The van der Waals surface area contributed by atoms with Crippen LogP contribution in [-0.4, -0.2) is 30.7 Å². The van der Waals surface area contributed by atoms with Crippen LogP contribution in [0.25, 0.3) is 33.7 Å². The maximum Gasteiger partial charge on any atom is 0.336 e. The molecule has 1 N–H and O–H groups in total. The lowest BCUT2D eigenvalue weighted by molar-refractivity contribution is -0.130. The van der Waals surface area contributed by atoms with Gasteiger partial charge in [-0.1, -0.05) is 36.4 Å². The summed E-state index contributed by atoms with van der Waals surface area (Å²) in [5.41, 5.74) is 4.75. The second-order valence-electron chi connectivity index (χ2n) is 8.74. The van der Waals surface area contributed by atoms with E-state index in [9.17, 15) is 23.6 Å². The number of rotatable bonds is 7. The van der Waals surface area contributed by atoms with E-state index >= 15 is 0 Å². The number of hydrogen-bond donors (Lipinski definition) is 1. The van der Waals surface area contributed by atoms with Gasteiger partial charge in [-0.3, -0.25) is 4.98 Å². The minimum atomic E-state index is -3.38. The molecule has 36 heavy (non-hydrogen) atoms. The molecule has 0 bridgehead atoms. The Labute approximate surface area is 210 Å². The first-order valence-electron chi connectivity index (χ1n) is 11.3. The van der Waals surface area contributed by atoms with Crippen LogP contribution in [0.2, 0.25) is 0 Å². The summed E-state index contributed by atoms with van der Waals surface area (Å²) in [5, 5.41) is 20.1. The van der Waals surface area contributed by atoms with Gasteiger partial charge in [0.2, 0.25) is 0 Å². The number of carboxylic acid groups (broad SMARTS) is 1. The molecule has 3 aromatic carbocycles. The minimum Gasteiger partial charge on any atom is -0.478 e. The van der Waals surface area contributed by atoms with Crippen LogP contribution in [-0.2, 0) is 21.1 Å². The zero-order valence-corrected chi connectivity index (χ0v) is 20.7. The molecule has 0 saturated carbocycles. The number of hydrogen-bond acceptors (Lipinski definition) is 5. The second kappa shape index (κ2) is 10.1. The number of sulfone groups is 1. The van der Waals surface area contributed by atoms with Crippen LogP contribution >= 0.6 is 0 Å². The number of carboxylic acids is 1. The molecule has 1 atom stereocenters. The van der Waals surface area contributed by atoms with Crippen molar-refractivity contribution in [1.29, 1.82) is 5.26 Å². The lowest BCUT2D eigenvalue weighted by Gasteiger charge is -2.12. The molecule has 4 aromatic rings. The van der Waals surface area contributed by atoms with Gasteiger partial charge in [0.25, 0.3) is 0 Å². The highest BCUT2D eigenvalue weighted by Gasteiger charge is 2.14. The third kappa shape index (κ3) is 5.51. The number of pyridine rings is 1. The Bertz CT molecular complexity index is 1630. The molecular formula is C29H24N2O4S. The third-order valence-corrected chi connectivity index (χ3v) is 6.99. The Balaban J connectivity index is 1.80. The van der Waals surface area contributed by atoms with Crippen LogP contribution in [0, 0.1) is 17.2 Å². The lowest BCUT2D eigenvalue weighted by atomic mass is 9.93. The number of carbonyl (C=O) groups is 1. The Hall–Kier alpha value is -4.28. The number of nitrogens with zero attached hydrogens (tertiary/aromatic N) is 2. The van der Waals surface area contributed by atoms with Crippen molar-refractivity contribution in [3.05, 3.63) is 95.7 Å². The highest BCUT2D eigenvalue weighted by atomic mass is 32.2. The van der Waals surface area contributed by atoms with E-state index in [0.29, 0.717) is 17.5 Å². The first-order chi connectivity index (χ1) is 17.2. The predicted octanol–water partition coefficient (Wildman–Crippen LogP) is 5.63. The summed E-state index contributed by atoms with van der Waals surface area (Å²) in [6.07, 6.45) is 5.02. The molecule has 6 nitrogen and oxygen atoms in total. The Morgan fingerprint density at radius 2 is 1.83 bits per heavy atom. The van der Waals surface area contributed by atoms with Crippen LogP contribution in [0.15, 0.2) is 83.9 Å². The summed E-state index contributed by atoms with van der Waals surface area (Å²) in [7, 11) is -3.38. The molecule has 0 radical (unpaired) electrons. The van der Waals surface area contributed by atoms with Gasteiger partial charge in [0.15, 0.2) is 9.84 Å². The average molecular weight is 497 g/mol. The van der Waals surface area contributed by atoms with Crippen LogP contribution < -0.4 is 0 Å². The van der Waals surface area contributed by atoms with Crippen molar-refractivity contribution in [3.63, 3.8) is 0 Å². The molecule has 180 valence electrons. The topological polar surface area (TPSA) is 108 Å². The fourth-order valence-electron chi connectivity index (χ4n) is 4.10. The van der Waals surface area contributed by atoms with Gasteiger partial charge in [-0.2, -0.15) is 5.26 Å². The van der Waals surface area contributed by atoms with E-state index in [2.05, 4.69) is 11.1 Å². The Morgan fingerprint density at radius 1 is 1.08 bits per heavy atom. The van der Waals surface area contributed by atoms with Gasteiger partial charge in [0.1, 0.15) is 0 Å². The molecule has 0 aliphatic heterocycles. The van der Waals surface area contributed by atoms with Crippen molar-refractivity contribution < 1.29 is 18.3 Å². The van der Waals surface area contributed by atoms with Crippen molar-refractivity contribution >= 4 is 38.4 Å². The SMILES string of the molecule is CC(C#N)Cc1cc(-c2cccc(/C=C(/C(=O)O)c3ccc(S(C)(=O)=O)cc3)c2)c2ncccc2c1. The summed E-state index contributed by atoms with van der Waals surface area (Å²) >= 11 is 0. The fraction of sp³-hybridized carbons (Fsp3) is 0.138. The standard InChI is InChI=1S/C29H24N2O4S/c1-19(18-30)13-21-15-24-7-4-12-31-28(24)26(17-21)23-6-3-5-20(14-23)16-27(29(32)33)22-8-10-25(11-9-22)36(2,34)35/h3-12,14-17,19H,13H2,1-2H3,(H,32,33)/b27-16+. The number of fused-ring (bicyclic) bond motifs is 1. The summed E-state index contributed by atoms with van der Waals surface area (Å²) < 4.78 is 23.5. The summed E-state index contributed by atoms with van der Waals surface area (Å²) in [5.74, 6) is -1.25. The largest absolute Gasteiger partial charge is 0.478 e. The molecule has 1 aromatic heterocycles. The van der Waals surface area contributed by atoms with E-state index < -0.39 is 15.8 Å². The van der Waals surface area contributed by atoms with Crippen molar-refractivity contribution in [1.82, 2.24) is 4.98 Å². The lowest BCUT2D eigenvalue weighted by Crippen LogP contribution is -2.01. The van der Waals surface area contributed by atoms with E-state index in [1.165, 1.54) is 24.3 Å². The number of nitriles is 1. The van der Waals surface area contributed by atoms with E-state index in [0.717, 1.165) is 33.8 Å². The van der Waals surface area contributed by atoms with Gasteiger partial charge in [0, 0.05) is 29.3 Å². The fourth-order valence-corrected chi connectivity index (χ4v) is 4.73. The van der Waals surface area contributed by atoms with Gasteiger partial charge in [-0.05, 0) is 78.1 Å². The van der Waals surface area contributed by atoms with Gasteiger partial charge in [-0.25, -0.2) is 13.2 Å². The molecule has 7 heteroatoms. The smallest absolute Gasteiger partial charge is 0.336 e. The van der Waals surface area contributed by atoms with Crippen LogP contribution in [0.5, 0.6) is 0 Å². The highest BCUT2D eigenvalue weighted by molar-refractivity contribution is 7.90. The molecule has 0 aliphatic rings. The second-order valence-corrected chi connectivity index (χ2v) is 10.8. The van der Waals surface area contributed by atoms with Crippen LogP contribution in [0.4, 0.5) is 0 Å². The summed E-state index contributed by atoms with van der Waals surface area (Å²) in [6.45, 7) is 1.88. The van der Waals surface area contributed by atoms with E-state index in [1.54, 1.807) is 12.3 Å². The first kappa shape index (κ1) is 24.8. The van der Waals surface area contributed by atoms with Crippen LogP contribution in [0.1, 0.15) is 23.6 Å². The van der Waals surface area contributed by atoms with Gasteiger partial charge >= 0.3 is 5.97 Å². The van der Waals surface area contributed by atoms with E-state index in [1.807, 2.05) is 55.5 Å². The summed E-state index contributed by atoms with van der Waals surface area (Å²) in [4.78, 5) is 16.8. The monoisotopic (exact) mass is 496 g/mol. The van der Waals surface area contributed by atoms with Gasteiger partial charge in [-0.15, -0.1) is 0 Å². The molecule has 1 unspecified atom stereocenters. The summed E-state index contributed by atoms with van der Waals surface area (Å²) in [6, 6.07) is 23.5. The van der Waals surface area contributed by atoms with Gasteiger partial charge < -0.3 is 5.11 Å². The van der Waals surface area contributed by atoms with Crippen molar-refractivity contribution in [2.45, 2.75) is 18.2 Å². The zero-order chi connectivity index (χ0) is 25.9. The number of aromatic nitrogens is 1. The van der Waals surface area contributed by atoms with Crippen molar-refractivity contribution in [3.8, 4) is 17.2 Å². The molecule has 0 fully saturated rings. The minimum absolute atomic E-state index is 0.0479. The van der Waals surface area contributed by atoms with E-state index in [4.69, 9.17) is 0 Å².